The number of hydrogen-bond acceptors (Lipinski definition) is 4. The predicted octanol–water partition coefficient (Wildman–Crippen LogP) is 1.02. The zero-order chi connectivity index (χ0) is 13.0. The Hall–Kier alpha value is -1.82. The molecule has 1 aliphatic heterocycles. The average molecular weight is 253 g/mol. The maximum absolute atomic E-state index is 11.8. The highest BCUT2D eigenvalue weighted by Crippen LogP contribution is 2.14. The number of carboxylic acid groups (broad SMARTS) is 1. The van der Waals surface area contributed by atoms with Gasteiger partial charge in [0.1, 0.15) is 5.76 Å². The molecule has 1 aliphatic rings. The highest BCUT2D eigenvalue weighted by atomic mass is 16.5. The molecule has 0 bridgehead atoms. The van der Waals surface area contributed by atoms with E-state index in [2.05, 4.69) is 5.32 Å². The topological polar surface area (TPSA) is 88.8 Å². The van der Waals surface area contributed by atoms with Crippen LogP contribution in [0.25, 0.3) is 0 Å². The van der Waals surface area contributed by atoms with E-state index < -0.39 is 5.97 Å². The van der Waals surface area contributed by atoms with Crippen LogP contribution in [0, 0.1) is 5.92 Å². The molecule has 1 aromatic heterocycles. The van der Waals surface area contributed by atoms with E-state index in [9.17, 15) is 9.59 Å². The Morgan fingerprint density at radius 3 is 2.89 bits per heavy atom. The van der Waals surface area contributed by atoms with Gasteiger partial charge in [-0.1, -0.05) is 0 Å². The van der Waals surface area contributed by atoms with E-state index in [-0.39, 0.29) is 24.1 Å². The molecule has 18 heavy (non-hydrogen) atoms. The quantitative estimate of drug-likeness (QED) is 0.836. The van der Waals surface area contributed by atoms with Crippen molar-refractivity contribution in [2.24, 2.45) is 5.92 Å². The number of carboxylic acids is 1. The van der Waals surface area contributed by atoms with Crippen molar-refractivity contribution in [2.75, 3.05) is 13.2 Å². The van der Waals surface area contributed by atoms with E-state index >= 15 is 0 Å². The second-order valence-corrected chi connectivity index (χ2v) is 4.20. The number of carbonyl (C=O) groups excluding carboxylic acids is 1. The number of aromatic carboxylic acids is 1. The number of hydrogen-bond donors (Lipinski definition) is 2. The van der Waals surface area contributed by atoms with Crippen LogP contribution in [0.3, 0.4) is 0 Å². The number of carbonyl (C=O) groups is 2. The lowest BCUT2D eigenvalue weighted by Gasteiger charge is -2.20. The van der Waals surface area contributed by atoms with Crippen LogP contribution in [0.2, 0.25) is 0 Å². The van der Waals surface area contributed by atoms with Crippen molar-refractivity contribution in [3.63, 3.8) is 0 Å². The van der Waals surface area contributed by atoms with Crippen LogP contribution < -0.4 is 5.32 Å². The van der Waals surface area contributed by atoms with Crippen LogP contribution in [0.4, 0.5) is 0 Å². The van der Waals surface area contributed by atoms with Crippen LogP contribution in [0.5, 0.6) is 0 Å². The molecule has 0 saturated carbocycles. The van der Waals surface area contributed by atoms with Crippen LogP contribution in [0.15, 0.2) is 16.5 Å². The lowest BCUT2D eigenvalue weighted by atomic mass is 10.0. The Kier molecular flexibility index (Phi) is 3.99. The minimum Gasteiger partial charge on any atom is -0.475 e. The maximum Gasteiger partial charge on any atom is 0.371 e. The number of rotatable bonds is 4. The molecule has 6 heteroatoms. The van der Waals surface area contributed by atoms with Crippen LogP contribution in [0.1, 0.15) is 29.2 Å². The van der Waals surface area contributed by atoms with E-state index in [1.54, 1.807) is 6.07 Å². The minimum absolute atomic E-state index is 0.0806. The molecular weight excluding hydrogens is 238 g/mol. The van der Waals surface area contributed by atoms with Gasteiger partial charge in [-0.2, -0.15) is 0 Å². The molecule has 0 unspecified atom stereocenters. The van der Waals surface area contributed by atoms with Gasteiger partial charge in [0.15, 0.2) is 0 Å². The summed E-state index contributed by atoms with van der Waals surface area (Å²) in [5.41, 5.74) is 0. The van der Waals surface area contributed by atoms with Crippen LogP contribution in [-0.2, 0) is 16.1 Å². The molecule has 1 fully saturated rings. The molecule has 1 saturated heterocycles. The molecule has 2 heterocycles. The van der Waals surface area contributed by atoms with Gasteiger partial charge in [-0.25, -0.2) is 4.79 Å². The SMILES string of the molecule is O=C(O)c1ccc(CNC(=O)[C@H]2CCCOC2)o1. The molecule has 0 radical (unpaired) electrons. The summed E-state index contributed by atoms with van der Waals surface area (Å²) in [4.78, 5) is 22.4. The van der Waals surface area contributed by atoms with Gasteiger partial charge in [-0.15, -0.1) is 0 Å². The number of amides is 1. The fourth-order valence-electron chi connectivity index (χ4n) is 1.85. The van der Waals surface area contributed by atoms with Crippen LogP contribution in [-0.4, -0.2) is 30.2 Å². The zero-order valence-electron chi connectivity index (χ0n) is 9.85. The molecule has 1 amide bonds. The summed E-state index contributed by atoms with van der Waals surface area (Å²) in [5.74, 6) is -1.01. The lowest BCUT2D eigenvalue weighted by molar-refractivity contribution is -0.129. The second-order valence-electron chi connectivity index (χ2n) is 4.20. The average Bonchev–Trinajstić information content (AvgIpc) is 2.86. The fourth-order valence-corrected chi connectivity index (χ4v) is 1.85. The Balaban J connectivity index is 1.82. The first kappa shape index (κ1) is 12.6. The molecule has 0 aromatic carbocycles. The van der Waals surface area contributed by atoms with Gasteiger partial charge in [-0.05, 0) is 25.0 Å². The molecule has 0 spiro atoms. The largest absolute Gasteiger partial charge is 0.475 e. The third-order valence-corrected chi connectivity index (χ3v) is 2.84. The summed E-state index contributed by atoms with van der Waals surface area (Å²) in [6, 6.07) is 2.91. The Morgan fingerprint density at radius 1 is 1.44 bits per heavy atom. The van der Waals surface area contributed by atoms with Crippen molar-refractivity contribution in [1.82, 2.24) is 5.32 Å². The first-order valence-electron chi connectivity index (χ1n) is 5.84. The Bertz CT molecular complexity index is 433. The van der Waals surface area contributed by atoms with Crippen molar-refractivity contribution in [3.05, 3.63) is 23.7 Å². The highest BCUT2D eigenvalue weighted by molar-refractivity contribution is 5.84. The van der Waals surface area contributed by atoms with E-state index in [4.69, 9.17) is 14.3 Å². The van der Waals surface area contributed by atoms with Crippen molar-refractivity contribution >= 4 is 11.9 Å². The second kappa shape index (κ2) is 5.68. The number of ether oxygens (including phenoxy) is 1. The van der Waals surface area contributed by atoms with Crippen LogP contribution >= 0.6 is 0 Å². The molecule has 6 nitrogen and oxygen atoms in total. The molecule has 1 atom stereocenters. The first-order valence-corrected chi connectivity index (χ1v) is 5.84. The van der Waals surface area contributed by atoms with E-state index in [1.807, 2.05) is 0 Å². The first-order chi connectivity index (χ1) is 8.66. The van der Waals surface area contributed by atoms with Gasteiger partial charge in [-0.3, -0.25) is 4.79 Å². The molecule has 1 aromatic rings. The third-order valence-electron chi connectivity index (χ3n) is 2.84. The summed E-state index contributed by atoms with van der Waals surface area (Å²) in [5, 5.41) is 11.4. The van der Waals surface area contributed by atoms with Gasteiger partial charge in [0.05, 0.1) is 19.1 Å². The Labute approximate surface area is 104 Å². The van der Waals surface area contributed by atoms with Crippen molar-refractivity contribution in [3.8, 4) is 0 Å². The normalized spacial score (nSPS) is 19.4. The summed E-state index contributed by atoms with van der Waals surface area (Å²) < 4.78 is 10.3. The van der Waals surface area contributed by atoms with Crippen molar-refractivity contribution in [1.29, 1.82) is 0 Å². The molecule has 0 aliphatic carbocycles. The summed E-state index contributed by atoms with van der Waals surface area (Å²) >= 11 is 0. The van der Waals surface area contributed by atoms with Gasteiger partial charge < -0.3 is 19.6 Å². The van der Waals surface area contributed by atoms with Crippen molar-refractivity contribution < 1.29 is 23.8 Å². The monoisotopic (exact) mass is 253 g/mol. The Morgan fingerprint density at radius 2 is 2.28 bits per heavy atom. The molecular formula is C12H15NO5. The smallest absolute Gasteiger partial charge is 0.371 e. The third kappa shape index (κ3) is 3.10. The minimum atomic E-state index is -1.12. The van der Waals surface area contributed by atoms with Gasteiger partial charge in [0.25, 0.3) is 0 Å². The lowest BCUT2D eigenvalue weighted by Crippen LogP contribution is -2.35. The number of nitrogens with one attached hydrogen (secondary N) is 1. The van der Waals surface area contributed by atoms with E-state index in [0.29, 0.717) is 19.0 Å². The summed E-state index contributed by atoms with van der Waals surface area (Å²) in [6.45, 7) is 1.36. The number of furan rings is 1. The standard InChI is InChI=1S/C12H15NO5/c14-11(8-2-1-5-17-7-8)13-6-9-3-4-10(18-9)12(15)16/h3-4,8H,1-2,5-7H2,(H,13,14)(H,15,16)/t8-/m0/s1. The van der Waals surface area contributed by atoms with Gasteiger partial charge in [0.2, 0.25) is 11.7 Å². The fraction of sp³-hybridized carbons (Fsp3) is 0.500. The van der Waals surface area contributed by atoms with E-state index in [0.717, 1.165) is 12.8 Å². The van der Waals surface area contributed by atoms with E-state index in [1.165, 1.54) is 6.07 Å². The van der Waals surface area contributed by atoms with Gasteiger partial charge >= 0.3 is 5.97 Å². The summed E-state index contributed by atoms with van der Waals surface area (Å²) in [6.07, 6.45) is 1.71. The highest BCUT2D eigenvalue weighted by Gasteiger charge is 2.21. The summed E-state index contributed by atoms with van der Waals surface area (Å²) in [7, 11) is 0. The van der Waals surface area contributed by atoms with Crippen molar-refractivity contribution in [2.45, 2.75) is 19.4 Å². The molecule has 2 rings (SSSR count). The molecule has 2 N–H and O–H groups in total. The van der Waals surface area contributed by atoms with Gasteiger partial charge in [0, 0.05) is 6.61 Å². The zero-order valence-corrected chi connectivity index (χ0v) is 9.85. The maximum atomic E-state index is 11.8. The molecule has 98 valence electrons. The predicted molar refractivity (Wildman–Crippen MR) is 61.1 cm³/mol.